The largest absolute Gasteiger partial charge is 0.468 e. The lowest BCUT2D eigenvalue weighted by atomic mass is 10.2. The molecule has 2 aromatic heterocycles. The van der Waals surface area contributed by atoms with E-state index in [-0.39, 0.29) is 5.88 Å². The number of nitrogens with one attached hydrogen (secondary N) is 2. The number of alkyl halides is 3. The summed E-state index contributed by atoms with van der Waals surface area (Å²) < 4.78 is 40.5. The van der Waals surface area contributed by atoms with E-state index in [1.54, 1.807) is 12.4 Å². The molecule has 0 fully saturated rings. The third-order valence-corrected chi connectivity index (χ3v) is 2.80. The van der Waals surface area contributed by atoms with Crippen LogP contribution in [0.5, 0.6) is 5.88 Å². The molecule has 0 aliphatic heterocycles. The van der Waals surface area contributed by atoms with E-state index in [1.165, 1.54) is 18.3 Å². The Hall–Kier alpha value is -2.84. The van der Waals surface area contributed by atoms with Crippen molar-refractivity contribution < 1.29 is 22.7 Å². The molecule has 0 aliphatic rings. The highest BCUT2D eigenvalue weighted by Crippen LogP contribution is 2.17. The molecule has 0 radical (unpaired) electrons. The number of rotatable bonds is 6. The Bertz CT molecular complexity index is 648. The normalized spacial score (nSPS) is 11.0. The summed E-state index contributed by atoms with van der Waals surface area (Å²) in [6.07, 6.45) is 0.796. The predicted molar refractivity (Wildman–Crippen MR) is 80.7 cm³/mol. The molecule has 0 bridgehead atoms. The standard InChI is InChI=1S/C15H15F3N4O2/c16-15(17,18)10-24-13-4-3-12(9-21-13)22-14(23)20-7-5-11-2-1-6-19-8-11/h1-4,6,8-9H,5,7,10H2,(H2,20,22,23). The monoisotopic (exact) mass is 340 g/mol. The Morgan fingerprint density at radius 1 is 1.21 bits per heavy atom. The Morgan fingerprint density at radius 2 is 2.04 bits per heavy atom. The Kier molecular flexibility index (Phi) is 5.94. The smallest absolute Gasteiger partial charge is 0.422 e. The van der Waals surface area contributed by atoms with Gasteiger partial charge in [0, 0.05) is 25.0 Å². The summed E-state index contributed by atoms with van der Waals surface area (Å²) in [5.74, 6) is -0.171. The van der Waals surface area contributed by atoms with E-state index in [0.29, 0.717) is 18.7 Å². The van der Waals surface area contributed by atoms with Gasteiger partial charge in [0.25, 0.3) is 0 Å². The second-order valence-electron chi connectivity index (χ2n) is 4.78. The van der Waals surface area contributed by atoms with E-state index in [2.05, 4.69) is 25.3 Å². The SMILES string of the molecule is O=C(NCCc1cccnc1)Nc1ccc(OCC(F)(F)F)nc1. The summed E-state index contributed by atoms with van der Waals surface area (Å²) in [5, 5.41) is 5.18. The fourth-order valence-electron chi connectivity index (χ4n) is 1.74. The van der Waals surface area contributed by atoms with E-state index >= 15 is 0 Å². The number of aromatic nitrogens is 2. The van der Waals surface area contributed by atoms with Crippen LogP contribution in [0.4, 0.5) is 23.7 Å². The Labute approximate surface area is 136 Å². The predicted octanol–water partition coefficient (Wildman–Crippen LogP) is 2.78. The molecule has 0 saturated heterocycles. The van der Waals surface area contributed by atoms with Crippen LogP contribution in [0.25, 0.3) is 0 Å². The lowest BCUT2D eigenvalue weighted by molar-refractivity contribution is -0.154. The van der Waals surface area contributed by atoms with Crippen LogP contribution in [0.1, 0.15) is 5.56 Å². The summed E-state index contributed by atoms with van der Waals surface area (Å²) in [6.45, 7) is -1.00. The molecule has 24 heavy (non-hydrogen) atoms. The number of ether oxygens (including phenoxy) is 1. The van der Waals surface area contributed by atoms with Crippen LogP contribution in [0.15, 0.2) is 42.9 Å². The van der Waals surface area contributed by atoms with Crippen molar-refractivity contribution in [3.8, 4) is 5.88 Å². The minimum Gasteiger partial charge on any atom is -0.468 e. The van der Waals surface area contributed by atoms with E-state index in [1.807, 2.05) is 12.1 Å². The van der Waals surface area contributed by atoms with Crippen molar-refractivity contribution in [3.05, 3.63) is 48.4 Å². The molecular weight excluding hydrogens is 325 g/mol. The Morgan fingerprint density at radius 3 is 2.67 bits per heavy atom. The summed E-state index contributed by atoms with van der Waals surface area (Å²) in [6, 6.07) is 5.92. The lowest BCUT2D eigenvalue weighted by Gasteiger charge is -2.10. The summed E-state index contributed by atoms with van der Waals surface area (Å²) in [4.78, 5) is 19.4. The second-order valence-corrected chi connectivity index (χ2v) is 4.78. The maximum atomic E-state index is 12.0. The van der Waals surface area contributed by atoms with Crippen molar-refractivity contribution in [3.63, 3.8) is 0 Å². The van der Waals surface area contributed by atoms with Gasteiger partial charge in [0.05, 0.1) is 11.9 Å². The zero-order chi connectivity index (χ0) is 17.4. The van der Waals surface area contributed by atoms with Crippen molar-refractivity contribution in [1.82, 2.24) is 15.3 Å². The quantitative estimate of drug-likeness (QED) is 0.848. The minimum atomic E-state index is -4.42. The first-order valence-electron chi connectivity index (χ1n) is 7.02. The molecule has 2 N–H and O–H groups in total. The summed E-state index contributed by atoms with van der Waals surface area (Å²) >= 11 is 0. The average molecular weight is 340 g/mol. The van der Waals surface area contributed by atoms with E-state index < -0.39 is 18.8 Å². The highest BCUT2D eigenvalue weighted by Gasteiger charge is 2.28. The van der Waals surface area contributed by atoms with Gasteiger partial charge in [0.15, 0.2) is 6.61 Å². The van der Waals surface area contributed by atoms with E-state index in [4.69, 9.17) is 0 Å². The van der Waals surface area contributed by atoms with Gasteiger partial charge >= 0.3 is 12.2 Å². The molecule has 9 heteroatoms. The van der Waals surface area contributed by atoms with Crippen LogP contribution in [0.3, 0.4) is 0 Å². The molecule has 128 valence electrons. The average Bonchev–Trinajstić information content (AvgIpc) is 2.54. The van der Waals surface area contributed by atoms with Gasteiger partial charge in [-0.15, -0.1) is 0 Å². The van der Waals surface area contributed by atoms with Crippen LogP contribution < -0.4 is 15.4 Å². The summed E-state index contributed by atoms with van der Waals surface area (Å²) in [5.41, 5.74) is 1.33. The second kappa shape index (κ2) is 8.14. The van der Waals surface area contributed by atoms with Crippen LogP contribution in [-0.2, 0) is 6.42 Å². The van der Waals surface area contributed by atoms with Crippen molar-refractivity contribution >= 4 is 11.7 Å². The number of anilines is 1. The van der Waals surface area contributed by atoms with E-state index in [0.717, 1.165) is 5.56 Å². The fraction of sp³-hybridized carbons (Fsp3) is 0.267. The molecular formula is C15H15F3N4O2. The first-order chi connectivity index (χ1) is 11.4. The van der Waals surface area contributed by atoms with Crippen molar-refractivity contribution in [2.45, 2.75) is 12.6 Å². The highest BCUT2D eigenvalue weighted by atomic mass is 19.4. The molecule has 2 heterocycles. The number of pyridine rings is 2. The third-order valence-electron chi connectivity index (χ3n) is 2.80. The number of hydrogen-bond donors (Lipinski definition) is 2. The minimum absolute atomic E-state index is 0.171. The molecule has 0 atom stereocenters. The zero-order valence-electron chi connectivity index (χ0n) is 12.5. The van der Waals surface area contributed by atoms with Gasteiger partial charge in [-0.2, -0.15) is 13.2 Å². The summed E-state index contributed by atoms with van der Waals surface area (Å²) in [7, 11) is 0. The molecule has 0 aromatic carbocycles. The molecule has 2 rings (SSSR count). The number of hydrogen-bond acceptors (Lipinski definition) is 4. The van der Waals surface area contributed by atoms with Gasteiger partial charge < -0.3 is 15.4 Å². The number of amides is 2. The molecule has 2 aromatic rings. The van der Waals surface area contributed by atoms with Gasteiger partial charge in [0.2, 0.25) is 5.88 Å². The van der Waals surface area contributed by atoms with Gasteiger partial charge in [-0.1, -0.05) is 6.07 Å². The number of halogens is 3. The fourth-order valence-corrected chi connectivity index (χ4v) is 1.74. The maximum absolute atomic E-state index is 12.0. The molecule has 0 aliphatic carbocycles. The number of carbonyl (C=O) groups is 1. The molecule has 0 saturated carbocycles. The first-order valence-corrected chi connectivity index (χ1v) is 7.02. The topological polar surface area (TPSA) is 76.1 Å². The highest BCUT2D eigenvalue weighted by molar-refractivity contribution is 5.88. The van der Waals surface area contributed by atoms with Crippen molar-refractivity contribution in [2.24, 2.45) is 0 Å². The third kappa shape index (κ3) is 6.51. The number of carbonyl (C=O) groups excluding carboxylic acids is 1. The van der Waals surface area contributed by atoms with Gasteiger partial charge in [0.1, 0.15) is 0 Å². The maximum Gasteiger partial charge on any atom is 0.422 e. The zero-order valence-corrected chi connectivity index (χ0v) is 12.5. The molecule has 0 spiro atoms. The number of nitrogens with zero attached hydrogens (tertiary/aromatic N) is 2. The first kappa shape index (κ1) is 17.5. The van der Waals surface area contributed by atoms with Gasteiger partial charge in [-0.05, 0) is 24.1 Å². The van der Waals surface area contributed by atoms with Gasteiger partial charge in [-0.25, -0.2) is 9.78 Å². The van der Waals surface area contributed by atoms with Crippen molar-refractivity contribution in [1.29, 1.82) is 0 Å². The lowest BCUT2D eigenvalue weighted by Crippen LogP contribution is -2.30. The number of urea groups is 1. The van der Waals surface area contributed by atoms with E-state index in [9.17, 15) is 18.0 Å². The van der Waals surface area contributed by atoms with Crippen LogP contribution >= 0.6 is 0 Å². The van der Waals surface area contributed by atoms with Gasteiger partial charge in [-0.3, -0.25) is 4.98 Å². The van der Waals surface area contributed by atoms with Crippen LogP contribution in [0, 0.1) is 0 Å². The molecule has 2 amide bonds. The molecule has 6 nitrogen and oxygen atoms in total. The van der Waals surface area contributed by atoms with Crippen molar-refractivity contribution in [2.75, 3.05) is 18.5 Å². The van der Waals surface area contributed by atoms with Crippen LogP contribution in [-0.4, -0.2) is 35.3 Å². The Balaban J connectivity index is 1.73. The van der Waals surface area contributed by atoms with Crippen LogP contribution in [0.2, 0.25) is 0 Å². The molecule has 0 unspecified atom stereocenters.